The van der Waals surface area contributed by atoms with Crippen molar-refractivity contribution in [3.63, 3.8) is 0 Å². The molecule has 0 aromatic carbocycles. The van der Waals surface area contributed by atoms with Crippen LogP contribution < -0.4 is 5.32 Å². The van der Waals surface area contributed by atoms with Crippen molar-refractivity contribution in [1.82, 2.24) is 5.32 Å². The molecule has 1 rings (SSSR count). The molecule has 1 saturated heterocycles. The minimum absolute atomic E-state index is 0.0570. The lowest BCUT2D eigenvalue weighted by atomic mass is 10.2. The highest BCUT2D eigenvalue weighted by molar-refractivity contribution is 7.91. The topological polar surface area (TPSA) is 46.2 Å². The summed E-state index contributed by atoms with van der Waals surface area (Å²) >= 11 is 0. The second kappa shape index (κ2) is 4.18. The maximum Gasteiger partial charge on any atom is 0.151 e. The van der Waals surface area contributed by atoms with Crippen molar-refractivity contribution >= 4 is 9.84 Å². The Bertz CT molecular complexity index is 228. The van der Waals surface area contributed by atoms with Gasteiger partial charge in [-0.2, -0.15) is 0 Å². The quantitative estimate of drug-likeness (QED) is 0.648. The summed E-state index contributed by atoms with van der Waals surface area (Å²) in [5.41, 5.74) is 0. The van der Waals surface area contributed by atoms with Gasteiger partial charge in [0.1, 0.15) is 0 Å². The molecule has 72 valence electrons. The number of sulfone groups is 1. The van der Waals surface area contributed by atoms with Crippen LogP contribution in [0.2, 0.25) is 0 Å². The highest BCUT2D eigenvalue weighted by Gasteiger charge is 2.26. The van der Waals surface area contributed by atoms with Crippen LogP contribution in [-0.4, -0.2) is 39.2 Å². The fraction of sp³-hybridized carbons (Fsp3) is 1.00. The van der Waals surface area contributed by atoms with Gasteiger partial charge in [-0.25, -0.2) is 8.42 Å². The van der Waals surface area contributed by atoms with Crippen molar-refractivity contribution in [2.24, 2.45) is 0 Å². The van der Waals surface area contributed by atoms with Crippen LogP contribution in [-0.2, 0) is 9.84 Å². The Morgan fingerprint density at radius 1 is 1.50 bits per heavy atom. The first kappa shape index (κ1) is 9.92. The third-order valence-electron chi connectivity index (χ3n) is 1.98. The Morgan fingerprint density at radius 2 is 2.25 bits per heavy atom. The summed E-state index contributed by atoms with van der Waals surface area (Å²) in [6.07, 6.45) is 1.14. The second-order valence-corrected chi connectivity index (χ2v) is 5.33. The summed E-state index contributed by atoms with van der Waals surface area (Å²) in [4.78, 5) is 0. The van der Waals surface area contributed by atoms with Crippen LogP contribution in [0.5, 0.6) is 0 Å². The maximum absolute atomic E-state index is 11.7. The zero-order valence-electron chi connectivity index (χ0n) is 6.92. The van der Waals surface area contributed by atoms with Gasteiger partial charge in [-0.1, -0.05) is 0 Å². The van der Waals surface area contributed by atoms with Crippen molar-refractivity contribution in [3.05, 3.63) is 0 Å². The molecular weight excluding hydrogens is 181 g/mol. The van der Waals surface area contributed by atoms with E-state index in [-0.39, 0.29) is 24.2 Å². The number of halogens is 1. The molecule has 1 aliphatic heterocycles. The zero-order valence-corrected chi connectivity index (χ0v) is 7.74. The number of rotatable bonds is 4. The van der Waals surface area contributed by atoms with Gasteiger partial charge in [-0.3, -0.25) is 4.39 Å². The third-order valence-corrected chi connectivity index (χ3v) is 3.74. The Labute approximate surface area is 72.3 Å². The summed E-state index contributed by atoms with van der Waals surface area (Å²) in [6.45, 7) is 0.239. The van der Waals surface area contributed by atoms with E-state index in [1.165, 1.54) is 0 Å². The average molecular weight is 195 g/mol. The van der Waals surface area contributed by atoms with Crippen molar-refractivity contribution < 1.29 is 12.8 Å². The zero-order chi connectivity index (χ0) is 9.03. The van der Waals surface area contributed by atoms with Crippen molar-refractivity contribution in [2.75, 3.05) is 24.7 Å². The second-order valence-electron chi connectivity index (χ2n) is 3.10. The number of alkyl halides is 1. The van der Waals surface area contributed by atoms with Gasteiger partial charge in [0.25, 0.3) is 0 Å². The van der Waals surface area contributed by atoms with E-state index in [4.69, 9.17) is 0 Å². The summed E-state index contributed by atoms with van der Waals surface area (Å²) in [6, 6.07) is 0.0570. The average Bonchev–Trinajstić information content (AvgIpc) is 2.31. The van der Waals surface area contributed by atoms with Crippen LogP contribution in [0.15, 0.2) is 0 Å². The van der Waals surface area contributed by atoms with E-state index in [0.29, 0.717) is 19.4 Å². The SMILES string of the molecule is O=S1(=O)CCC(NCCCF)C1. The maximum atomic E-state index is 11.7. The fourth-order valence-electron chi connectivity index (χ4n) is 1.33. The van der Waals surface area contributed by atoms with Crippen LogP contribution in [0, 0.1) is 0 Å². The molecule has 5 heteroatoms. The normalized spacial score (nSPS) is 27.6. The van der Waals surface area contributed by atoms with Gasteiger partial charge in [0.15, 0.2) is 9.84 Å². The number of hydrogen-bond donors (Lipinski definition) is 1. The van der Waals surface area contributed by atoms with E-state index >= 15 is 0 Å². The summed E-state index contributed by atoms with van der Waals surface area (Å²) in [7, 11) is -2.79. The Kier molecular flexibility index (Phi) is 3.46. The molecule has 0 radical (unpaired) electrons. The molecule has 1 unspecified atom stereocenters. The smallest absolute Gasteiger partial charge is 0.151 e. The van der Waals surface area contributed by atoms with E-state index < -0.39 is 9.84 Å². The Morgan fingerprint density at radius 3 is 2.75 bits per heavy atom. The number of nitrogens with one attached hydrogen (secondary N) is 1. The van der Waals surface area contributed by atoms with Gasteiger partial charge in [0, 0.05) is 6.04 Å². The molecule has 12 heavy (non-hydrogen) atoms. The lowest BCUT2D eigenvalue weighted by Gasteiger charge is -2.08. The first-order chi connectivity index (χ1) is 5.64. The lowest BCUT2D eigenvalue weighted by molar-refractivity contribution is 0.444. The van der Waals surface area contributed by atoms with Crippen molar-refractivity contribution in [1.29, 1.82) is 0 Å². The predicted octanol–water partition coefficient (Wildman–Crippen LogP) is 0.123. The van der Waals surface area contributed by atoms with Crippen LogP contribution >= 0.6 is 0 Å². The molecular formula is C7H14FNO2S. The molecule has 0 saturated carbocycles. The van der Waals surface area contributed by atoms with E-state index in [0.717, 1.165) is 0 Å². The largest absolute Gasteiger partial charge is 0.313 e. The monoisotopic (exact) mass is 195 g/mol. The van der Waals surface area contributed by atoms with E-state index in [9.17, 15) is 12.8 Å². The third kappa shape index (κ3) is 3.06. The summed E-state index contributed by atoms with van der Waals surface area (Å²) in [5, 5.41) is 3.02. The van der Waals surface area contributed by atoms with E-state index in [2.05, 4.69) is 5.32 Å². The molecule has 0 aromatic rings. The van der Waals surface area contributed by atoms with Crippen LogP contribution in [0.25, 0.3) is 0 Å². The molecule has 1 aliphatic rings. The molecule has 0 aromatic heterocycles. The Balaban J connectivity index is 2.20. The van der Waals surface area contributed by atoms with Crippen LogP contribution in [0.4, 0.5) is 4.39 Å². The molecule has 1 fully saturated rings. The highest BCUT2D eigenvalue weighted by atomic mass is 32.2. The molecule has 0 spiro atoms. The molecule has 3 nitrogen and oxygen atoms in total. The first-order valence-corrected chi connectivity index (χ1v) is 5.96. The molecule has 0 bridgehead atoms. The van der Waals surface area contributed by atoms with Crippen LogP contribution in [0.1, 0.15) is 12.8 Å². The highest BCUT2D eigenvalue weighted by Crippen LogP contribution is 2.10. The summed E-state index contributed by atoms with van der Waals surface area (Å²) < 4.78 is 33.6. The van der Waals surface area contributed by atoms with Gasteiger partial charge >= 0.3 is 0 Å². The van der Waals surface area contributed by atoms with E-state index in [1.807, 2.05) is 0 Å². The van der Waals surface area contributed by atoms with Crippen LogP contribution in [0.3, 0.4) is 0 Å². The van der Waals surface area contributed by atoms with Gasteiger partial charge in [-0.15, -0.1) is 0 Å². The fourth-order valence-corrected chi connectivity index (χ4v) is 3.04. The van der Waals surface area contributed by atoms with Crippen molar-refractivity contribution in [3.8, 4) is 0 Å². The van der Waals surface area contributed by atoms with Gasteiger partial charge in [0.05, 0.1) is 18.2 Å². The first-order valence-electron chi connectivity index (χ1n) is 4.14. The van der Waals surface area contributed by atoms with Gasteiger partial charge in [0.2, 0.25) is 0 Å². The number of hydrogen-bond acceptors (Lipinski definition) is 3. The standard InChI is InChI=1S/C7H14FNO2S/c8-3-1-4-9-7-2-5-12(10,11)6-7/h7,9H,1-6H2. The van der Waals surface area contributed by atoms with Gasteiger partial charge < -0.3 is 5.32 Å². The minimum atomic E-state index is -2.79. The predicted molar refractivity (Wildman–Crippen MR) is 45.7 cm³/mol. The molecule has 0 amide bonds. The Hall–Kier alpha value is -0.160. The van der Waals surface area contributed by atoms with Crippen molar-refractivity contribution in [2.45, 2.75) is 18.9 Å². The molecule has 1 atom stereocenters. The van der Waals surface area contributed by atoms with Gasteiger partial charge in [-0.05, 0) is 19.4 Å². The minimum Gasteiger partial charge on any atom is -0.313 e. The van der Waals surface area contributed by atoms with E-state index in [1.54, 1.807) is 0 Å². The molecule has 1 heterocycles. The lowest BCUT2D eigenvalue weighted by Crippen LogP contribution is -2.30. The summed E-state index contributed by atoms with van der Waals surface area (Å²) in [5.74, 6) is 0.500. The molecule has 0 aliphatic carbocycles. The molecule has 1 N–H and O–H groups in total.